The van der Waals surface area contributed by atoms with Crippen molar-refractivity contribution >= 4 is 33.3 Å². The SMILES string of the molecule is COc1ccc2c(C(C)(CSCC(C)(c3cccc4cc(OC)ccc34)C(C)C3(C)CC(C)=C4C(=CC(C)=CC4(C)O)O3)C(C)C3(C)CC(C)=C4C(=CC(C)=CC4(C)O)O3)cccc2c1. The largest absolute Gasteiger partial charge is 0.497 e. The van der Waals surface area contributed by atoms with Gasteiger partial charge in [0.05, 0.1) is 14.2 Å². The topological polar surface area (TPSA) is 77.4 Å². The summed E-state index contributed by atoms with van der Waals surface area (Å²) in [4.78, 5) is 0. The predicted molar refractivity (Wildman–Crippen MR) is 270 cm³/mol. The van der Waals surface area contributed by atoms with E-state index in [9.17, 15) is 10.2 Å². The maximum Gasteiger partial charge on any atom is 0.126 e. The van der Waals surface area contributed by atoms with Crippen LogP contribution in [-0.2, 0) is 20.3 Å². The van der Waals surface area contributed by atoms with E-state index in [0.29, 0.717) is 12.8 Å². The molecule has 344 valence electrons. The molecule has 6 nitrogen and oxygen atoms in total. The molecule has 4 aromatic rings. The van der Waals surface area contributed by atoms with Crippen LogP contribution in [0.3, 0.4) is 0 Å². The molecular weight excluding hydrogens is 825 g/mol. The summed E-state index contributed by atoms with van der Waals surface area (Å²) in [7, 11) is 3.45. The van der Waals surface area contributed by atoms with Gasteiger partial charge in [0.15, 0.2) is 0 Å². The highest BCUT2D eigenvalue weighted by Gasteiger charge is 2.53. The Balaban J connectivity index is 1.24. The van der Waals surface area contributed by atoms with Gasteiger partial charge in [-0.1, -0.05) is 87.4 Å². The number of rotatable bonds is 12. The maximum absolute atomic E-state index is 11.7. The number of allylic oxidation sites excluding steroid dienone is 4. The van der Waals surface area contributed by atoms with Gasteiger partial charge in [-0.2, -0.15) is 11.8 Å². The molecule has 0 fully saturated rings. The highest BCUT2D eigenvalue weighted by molar-refractivity contribution is 7.99. The third kappa shape index (κ3) is 8.08. The van der Waals surface area contributed by atoms with Crippen molar-refractivity contribution in [3.63, 3.8) is 0 Å². The van der Waals surface area contributed by atoms with E-state index in [1.54, 1.807) is 14.2 Å². The zero-order valence-electron chi connectivity index (χ0n) is 41.2. The number of hydrogen-bond donors (Lipinski definition) is 2. The first-order valence-electron chi connectivity index (χ1n) is 23.3. The van der Waals surface area contributed by atoms with Crippen LogP contribution in [0.2, 0.25) is 0 Å². The molecule has 0 saturated carbocycles. The highest BCUT2D eigenvalue weighted by Crippen LogP contribution is 2.55. The maximum atomic E-state index is 11.7. The zero-order chi connectivity index (χ0) is 47.1. The fraction of sp³-hybridized carbons (Fsp3) is 0.448. The van der Waals surface area contributed by atoms with Crippen LogP contribution < -0.4 is 9.47 Å². The quantitative estimate of drug-likeness (QED) is 0.147. The zero-order valence-corrected chi connectivity index (χ0v) is 42.0. The van der Waals surface area contributed by atoms with Crippen LogP contribution in [0.25, 0.3) is 21.5 Å². The van der Waals surface area contributed by atoms with Crippen molar-refractivity contribution in [2.75, 3.05) is 25.7 Å². The number of benzene rings is 4. The van der Waals surface area contributed by atoms with Crippen LogP contribution in [0.1, 0.15) is 107 Å². The Kier molecular flexibility index (Phi) is 11.9. The number of methoxy groups -OCH3 is 2. The number of hydrogen-bond acceptors (Lipinski definition) is 7. The van der Waals surface area contributed by atoms with Crippen LogP contribution in [-0.4, -0.2) is 58.3 Å². The van der Waals surface area contributed by atoms with Crippen molar-refractivity contribution in [1.29, 1.82) is 0 Å². The molecule has 8 atom stereocenters. The van der Waals surface area contributed by atoms with E-state index in [4.69, 9.17) is 18.9 Å². The molecule has 0 radical (unpaired) electrons. The second-order valence-electron chi connectivity index (χ2n) is 21.1. The Hall–Kier alpha value is -4.69. The summed E-state index contributed by atoms with van der Waals surface area (Å²) in [6.45, 7) is 26.3. The normalized spacial score (nSPS) is 28.3. The van der Waals surface area contributed by atoms with Gasteiger partial charge in [0.2, 0.25) is 0 Å². The summed E-state index contributed by atoms with van der Waals surface area (Å²) < 4.78 is 25.9. The average Bonchev–Trinajstić information content (AvgIpc) is 3.23. The fourth-order valence-electron chi connectivity index (χ4n) is 12.4. The summed E-state index contributed by atoms with van der Waals surface area (Å²) >= 11 is 2.01. The number of fused-ring (bicyclic) bond motifs is 4. The minimum absolute atomic E-state index is 0.0187. The third-order valence-corrected chi connectivity index (χ3v) is 17.6. The van der Waals surface area contributed by atoms with E-state index in [-0.39, 0.29) is 11.8 Å². The minimum atomic E-state index is -1.10. The molecule has 7 heteroatoms. The molecule has 0 saturated heterocycles. The van der Waals surface area contributed by atoms with Crippen LogP contribution >= 0.6 is 11.8 Å². The predicted octanol–water partition coefficient (Wildman–Crippen LogP) is 13.4. The molecule has 4 aromatic carbocycles. The Labute approximate surface area is 392 Å². The third-order valence-electron chi connectivity index (χ3n) is 16.0. The number of aliphatic hydroxyl groups is 2. The summed E-state index contributed by atoms with van der Waals surface area (Å²) in [5.74, 6) is 4.87. The average molecular weight is 895 g/mol. The van der Waals surface area contributed by atoms with Gasteiger partial charge in [-0.3, -0.25) is 0 Å². The van der Waals surface area contributed by atoms with Crippen molar-refractivity contribution in [1.82, 2.24) is 0 Å². The smallest absolute Gasteiger partial charge is 0.126 e. The van der Waals surface area contributed by atoms with E-state index in [1.165, 1.54) is 21.9 Å². The van der Waals surface area contributed by atoms with Crippen LogP contribution in [0.5, 0.6) is 11.5 Å². The molecule has 8 rings (SSSR count). The molecule has 2 aliphatic carbocycles. The van der Waals surface area contributed by atoms with Gasteiger partial charge in [0.25, 0.3) is 0 Å². The van der Waals surface area contributed by atoms with Crippen LogP contribution in [0, 0.1) is 11.8 Å². The van der Waals surface area contributed by atoms with Crippen LogP contribution in [0.4, 0.5) is 0 Å². The molecule has 4 aliphatic rings. The van der Waals surface area contributed by atoms with Crippen molar-refractivity contribution < 1.29 is 29.2 Å². The Morgan fingerprint density at radius 3 is 1.37 bits per heavy atom. The molecule has 0 aromatic heterocycles. The van der Waals surface area contributed by atoms with Gasteiger partial charge in [-0.15, -0.1) is 0 Å². The van der Waals surface area contributed by atoms with Crippen molar-refractivity contribution in [2.45, 2.75) is 129 Å². The van der Waals surface area contributed by atoms with Gasteiger partial charge < -0.3 is 29.2 Å². The standard InChI is InChI=1S/C58H70O6S/c1-35-25-49-51(55(9,59)29-35)37(3)31-57(11,63-49)39(5)53(7,47-19-15-17-41-27-43(61-13)21-23-45(41)47)33-65-34-54(8,48-20-16-18-42-28-44(62-14)22-24-46(42)48)40(6)58(12)32-38(4)52-50(64-58)26-36(2)30-56(52,10)60/h15-30,39-40,59-60H,31-34H2,1-14H3. The summed E-state index contributed by atoms with van der Waals surface area (Å²) in [6.07, 6.45) is 9.45. The van der Waals surface area contributed by atoms with E-state index >= 15 is 0 Å². The van der Waals surface area contributed by atoms with Crippen molar-refractivity contribution in [2.24, 2.45) is 11.8 Å². The fourth-order valence-corrected chi connectivity index (χ4v) is 14.1. The second-order valence-corrected chi connectivity index (χ2v) is 22.1. The molecule has 65 heavy (non-hydrogen) atoms. The Morgan fingerprint density at radius 2 is 1.00 bits per heavy atom. The van der Waals surface area contributed by atoms with Crippen LogP contribution in [0.15, 0.2) is 142 Å². The van der Waals surface area contributed by atoms with Gasteiger partial charge >= 0.3 is 0 Å². The number of ether oxygens (including phenoxy) is 4. The van der Waals surface area contributed by atoms with E-state index in [1.807, 2.05) is 51.6 Å². The molecular formula is C58H70O6S. The monoisotopic (exact) mass is 894 g/mol. The molecule has 0 bridgehead atoms. The summed E-state index contributed by atoms with van der Waals surface area (Å²) in [6, 6.07) is 26.2. The first kappa shape index (κ1) is 46.8. The Morgan fingerprint density at radius 1 is 0.615 bits per heavy atom. The summed E-state index contributed by atoms with van der Waals surface area (Å²) in [5.41, 5.74) is 4.46. The van der Waals surface area contributed by atoms with Gasteiger partial charge in [-0.25, -0.2) is 0 Å². The molecule has 2 N–H and O–H groups in total. The second kappa shape index (κ2) is 16.6. The first-order chi connectivity index (χ1) is 30.5. The van der Waals surface area contributed by atoms with E-state index in [0.717, 1.165) is 78.7 Å². The first-order valence-corrected chi connectivity index (χ1v) is 24.4. The molecule has 2 aliphatic heterocycles. The molecule has 0 spiro atoms. The minimum Gasteiger partial charge on any atom is -0.497 e. The lowest BCUT2D eigenvalue weighted by Gasteiger charge is -2.52. The molecule has 0 amide bonds. The van der Waals surface area contributed by atoms with Gasteiger partial charge in [0, 0.05) is 58.2 Å². The van der Waals surface area contributed by atoms with Gasteiger partial charge in [-0.05, 0) is 148 Å². The lowest BCUT2D eigenvalue weighted by molar-refractivity contribution is -0.0594. The Bertz CT molecular complexity index is 2580. The molecule has 2 heterocycles. The highest BCUT2D eigenvalue weighted by atomic mass is 32.2. The van der Waals surface area contributed by atoms with Crippen molar-refractivity contribution in [3.8, 4) is 11.5 Å². The van der Waals surface area contributed by atoms with E-state index in [2.05, 4.69) is 140 Å². The summed E-state index contributed by atoms with van der Waals surface area (Å²) in [5, 5.41) is 28.0. The lowest BCUT2D eigenvalue weighted by Crippen LogP contribution is -2.52. The lowest BCUT2D eigenvalue weighted by atomic mass is 9.63. The molecule has 8 unspecified atom stereocenters. The van der Waals surface area contributed by atoms with Gasteiger partial charge in [0.1, 0.15) is 45.4 Å². The number of thioether (sulfide) groups is 1. The van der Waals surface area contributed by atoms with Crippen molar-refractivity contribution in [3.05, 3.63) is 153 Å². The van der Waals surface area contributed by atoms with E-state index < -0.39 is 33.2 Å².